The molecule has 1 aromatic rings. The predicted molar refractivity (Wildman–Crippen MR) is 72.4 cm³/mol. The molecule has 0 spiro atoms. The summed E-state index contributed by atoms with van der Waals surface area (Å²) in [5.41, 5.74) is 2.09. The molecule has 0 atom stereocenters. The van der Waals surface area contributed by atoms with Crippen LogP contribution in [0.4, 0.5) is 5.69 Å². The Kier molecular flexibility index (Phi) is 4.55. The Bertz CT molecular complexity index is 363. The summed E-state index contributed by atoms with van der Waals surface area (Å²) in [4.78, 5) is 11.3. The van der Waals surface area contributed by atoms with Crippen LogP contribution in [-0.2, 0) is 0 Å². The molecule has 0 heterocycles. The molecule has 17 heavy (non-hydrogen) atoms. The fraction of sp³-hybridized carbons (Fsp3) is 0.500. The molecule has 94 valence electrons. The van der Waals surface area contributed by atoms with Crippen molar-refractivity contribution in [3.05, 3.63) is 29.8 Å². The van der Waals surface area contributed by atoms with E-state index in [1.807, 2.05) is 24.3 Å². The maximum Gasteiger partial charge on any atom is 0.251 e. The first-order valence-corrected chi connectivity index (χ1v) is 5.98. The van der Waals surface area contributed by atoms with E-state index in [9.17, 15) is 4.79 Å². The van der Waals surface area contributed by atoms with Crippen LogP contribution in [0.15, 0.2) is 24.3 Å². The zero-order chi connectivity index (χ0) is 12.9. The van der Waals surface area contributed by atoms with Crippen molar-refractivity contribution in [3.8, 4) is 0 Å². The van der Waals surface area contributed by atoms with Crippen LogP contribution >= 0.6 is 0 Å². The second kappa shape index (κ2) is 5.71. The zero-order valence-electron chi connectivity index (χ0n) is 11.1. The van der Waals surface area contributed by atoms with Gasteiger partial charge in [-0.1, -0.05) is 20.8 Å². The Morgan fingerprint density at radius 2 is 1.76 bits per heavy atom. The summed E-state index contributed by atoms with van der Waals surface area (Å²) in [6, 6.07) is 7.54. The van der Waals surface area contributed by atoms with E-state index in [0.29, 0.717) is 11.0 Å². The van der Waals surface area contributed by atoms with E-state index < -0.39 is 0 Å². The van der Waals surface area contributed by atoms with Gasteiger partial charge in [-0.3, -0.25) is 4.79 Å². The van der Waals surface area contributed by atoms with Crippen molar-refractivity contribution in [2.24, 2.45) is 5.41 Å². The maximum atomic E-state index is 11.3. The lowest BCUT2D eigenvalue weighted by atomic mass is 9.92. The van der Waals surface area contributed by atoms with E-state index in [1.165, 1.54) is 0 Å². The molecule has 3 heteroatoms. The molecule has 0 aliphatic heterocycles. The Morgan fingerprint density at radius 3 is 2.24 bits per heavy atom. The minimum atomic E-state index is -0.0498. The van der Waals surface area contributed by atoms with Crippen LogP contribution in [0.1, 0.15) is 37.6 Å². The highest BCUT2D eigenvalue weighted by Crippen LogP contribution is 2.18. The molecular formula is C14H22N2O. The summed E-state index contributed by atoms with van der Waals surface area (Å²) >= 11 is 0. The van der Waals surface area contributed by atoms with Crippen molar-refractivity contribution in [3.63, 3.8) is 0 Å². The lowest BCUT2D eigenvalue weighted by molar-refractivity contribution is 0.0963. The summed E-state index contributed by atoms with van der Waals surface area (Å²) in [7, 11) is 1.64. The van der Waals surface area contributed by atoms with Crippen LogP contribution in [0.3, 0.4) is 0 Å². The van der Waals surface area contributed by atoms with E-state index in [-0.39, 0.29) is 5.91 Å². The normalized spacial score (nSPS) is 11.1. The first-order chi connectivity index (χ1) is 7.92. The fourth-order valence-corrected chi connectivity index (χ4v) is 1.47. The summed E-state index contributed by atoms with van der Waals surface area (Å²) in [6.45, 7) is 7.62. The lowest BCUT2D eigenvalue weighted by Gasteiger charge is -2.18. The third-order valence-corrected chi connectivity index (χ3v) is 2.58. The summed E-state index contributed by atoms with van der Waals surface area (Å²) < 4.78 is 0. The van der Waals surface area contributed by atoms with Gasteiger partial charge in [-0.15, -0.1) is 0 Å². The van der Waals surface area contributed by atoms with Gasteiger partial charge in [-0.2, -0.15) is 0 Å². The standard InChI is InChI=1S/C14H22N2O/c1-14(2,3)9-10-16-12-7-5-11(6-8-12)13(17)15-4/h5-8,16H,9-10H2,1-4H3,(H,15,17). The minimum Gasteiger partial charge on any atom is -0.385 e. The van der Waals surface area contributed by atoms with E-state index in [0.717, 1.165) is 18.7 Å². The Hall–Kier alpha value is -1.51. The SMILES string of the molecule is CNC(=O)c1ccc(NCCC(C)(C)C)cc1. The van der Waals surface area contributed by atoms with E-state index in [4.69, 9.17) is 0 Å². The highest BCUT2D eigenvalue weighted by molar-refractivity contribution is 5.94. The molecule has 3 nitrogen and oxygen atoms in total. The third kappa shape index (κ3) is 4.89. The molecule has 0 aliphatic carbocycles. The first kappa shape index (κ1) is 13.6. The second-order valence-electron chi connectivity index (χ2n) is 5.39. The molecule has 0 radical (unpaired) electrons. The average molecular weight is 234 g/mol. The summed E-state index contributed by atoms with van der Waals surface area (Å²) in [6.07, 6.45) is 1.12. The zero-order valence-corrected chi connectivity index (χ0v) is 11.1. The number of nitrogens with one attached hydrogen (secondary N) is 2. The van der Waals surface area contributed by atoms with Crippen LogP contribution in [0.25, 0.3) is 0 Å². The molecule has 0 aromatic heterocycles. The van der Waals surface area contributed by atoms with Crippen molar-refractivity contribution in [2.75, 3.05) is 18.9 Å². The summed E-state index contributed by atoms with van der Waals surface area (Å²) in [5, 5.41) is 5.96. The van der Waals surface area contributed by atoms with Gasteiger partial charge in [0.1, 0.15) is 0 Å². The van der Waals surface area contributed by atoms with Gasteiger partial charge in [0.15, 0.2) is 0 Å². The van der Waals surface area contributed by atoms with Crippen molar-refractivity contribution in [2.45, 2.75) is 27.2 Å². The quantitative estimate of drug-likeness (QED) is 0.841. The molecule has 1 rings (SSSR count). The van der Waals surface area contributed by atoms with E-state index in [1.54, 1.807) is 7.05 Å². The largest absolute Gasteiger partial charge is 0.385 e. The van der Waals surface area contributed by atoms with Crippen molar-refractivity contribution >= 4 is 11.6 Å². The fourth-order valence-electron chi connectivity index (χ4n) is 1.47. The minimum absolute atomic E-state index is 0.0498. The van der Waals surface area contributed by atoms with Crippen LogP contribution in [0, 0.1) is 5.41 Å². The van der Waals surface area contributed by atoms with Gasteiger partial charge in [-0.25, -0.2) is 0 Å². The molecule has 1 aromatic carbocycles. The van der Waals surface area contributed by atoms with Gasteiger partial charge in [0, 0.05) is 24.8 Å². The second-order valence-corrected chi connectivity index (χ2v) is 5.39. The van der Waals surface area contributed by atoms with E-state index >= 15 is 0 Å². The molecule has 0 saturated carbocycles. The van der Waals surface area contributed by atoms with Gasteiger partial charge >= 0.3 is 0 Å². The van der Waals surface area contributed by atoms with E-state index in [2.05, 4.69) is 31.4 Å². The average Bonchev–Trinajstić information content (AvgIpc) is 2.27. The molecule has 0 aliphatic rings. The molecule has 0 saturated heterocycles. The van der Waals surface area contributed by atoms with Crippen molar-refractivity contribution in [1.29, 1.82) is 0 Å². The number of anilines is 1. The number of amides is 1. The highest BCUT2D eigenvalue weighted by atomic mass is 16.1. The van der Waals surface area contributed by atoms with Gasteiger partial charge in [0.25, 0.3) is 5.91 Å². The van der Waals surface area contributed by atoms with Crippen molar-refractivity contribution < 1.29 is 4.79 Å². The van der Waals surface area contributed by atoms with Gasteiger partial charge in [0.05, 0.1) is 0 Å². The highest BCUT2D eigenvalue weighted by Gasteiger charge is 2.09. The first-order valence-electron chi connectivity index (χ1n) is 5.98. The Balaban J connectivity index is 2.49. The summed E-state index contributed by atoms with van der Waals surface area (Å²) in [5.74, 6) is -0.0498. The predicted octanol–water partition coefficient (Wildman–Crippen LogP) is 2.89. The molecule has 0 fully saturated rings. The Morgan fingerprint density at radius 1 is 1.18 bits per heavy atom. The molecule has 0 bridgehead atoms. The molecule has 0 unspecified atom stereocenters. The van der Waals surface area contributed by atoms with Gasteiger partial charge in [-0.05, 0) is 36.1 Å². The Labute approximate surface area is 104 Å². The molecule has 1 amide bonds. The van der Waals surface area contributed by atoms with Crippen LogP contribution in [0.2, 0.25) is 0 Å². The monoisotopic (exact) mass is 234 g/mol. The van der Waals surface area contributed by atoms with Crippen molar-refractivity contribution in [1.82, 2.24) is 5.32 Å². The number of carbonyl (C=O) groups excluding carboxylic acids is 1. The van der Waals surface area contributed by atoms with Crippen LogP contribution < -0.4 is 10.6 Å². The van der Waals surface area contributed by atoms with Gasteiger partial charge in [0.2, 0.25) is 0 Å². The lowest BCUT2D eigenvalue weighted by Crippen LogP contribution is -2.17. The van der Waals surface area contributed by atoms with Crippen LogP contribution in [0.5, 0.6) is 0 Å². The van der Waals surface area contributed by atoms with Crippen LogP contribution in [-0.4, -0.2) is 19.5 Å². The number of hydrogen-bond donors (Lipinski definition) is 2. The maximum absolute atomic E-state index is 11.3. The topological polar surface area (TPSA) is 41.1 Å². The number of carbonyl (C=O) groups is 1. The number of rotatable bonds is 4. The molecule has 2 N–H and O–H groups in total. The number of benzene rings is 1. The third-order valence-electron chi connectivity index (χ3n) is 2.58. The van der Waals surface area contributed by atoms with Gasteiger partial charge < -0.3 is 10.6 Å². The smallest absolute Gasteiger partial charge is 0.251 e. The molecular weight excluding hydrogens is 212 g/mol. The number of hydrogen-bond acceptors (Lipinski definition) is 2.